The van der Waals surface area contributed by atoms with E-state index >= 15 is 0 Å². The fourth-order valence-corrected chi connectivity index (χ4v) is 2.77. The van der Waals surface area contributed by atoms with Crippen LogP contribution in [-0.4, -0.2) is 9.55 Å². The van der Waals surface area contributed by atoms with Gasteiger partial charge in [0.2, 0.25) is 5.69 Å². The van der Waals surface area contributed by atoms with Crippen molar-refractivity contribution in [3.63, 3.8) is 0 Å². The van der Waals surface area contributed by atoms with Gasteiger partial charge in [-0.05, 0) is 25.5 Å². The summed E-state index contributed by atoms with van der Waals surface area (Å²) in [5, 5.41) is 0. The van der Waals surface area contributed by atoms with Crippen molar-refractivity contribution in [3.8, 4) is 16.9 Å². The molecule has 3 rings (SSSR count). The van der Waals surface area contributed by atoms with Crippen LogP contribution in [0.25, 0.3) is 16.9 Å². The minimum Gasteiger partial charge on any atom is -0.334 e. The molecule has 0 aliphatic rings. The van der Waals surface area contributed by atoms with Gasteiger partial charge in [-0.3, -0.25) is 0 Å². The number of benzene rings is 1. The molecular weight excluding hydrogens is 258 g/mol. The second-order valence-corrected chi connectivity index (χ2v) is 5.56. The molecule has 21 heavy (non-hydrogen) atoms. The SMILES string of the molecule is Cc1cc(-c2cncn2C)c(C)c(-[n+]2ccccc2C)c1. The molecule has 0 spiro atoms. The van der Waals surface area contributed by atoms with E-state index in [4.69, 9.17) is 0 Å². The van der Waals surface area contributed by atoms with E-state index < -0.39 is 0 Å². The van der Waals surface area contributed by atoms with Crippen LogP contribution in [0.15, 0.2) is 49.1 Å². The molecule has 0 aliphatic heterocycles. The van der Waals surface area contributed by atoms with Crippen LogP contribution in [0.5, 0.6) is 0 Å². The van der Waals surface area contributed by atoms with Gasteiger partial charge in [0, 0.05) is 43.3 Å². The molecule has 0 saturated heterocycles. The molecule has 1 aromatic carbocycles. The smallest absolute Gasteiger partial charge is 0.214 e. The lowest BCUT2D eigenvalue weighted by Gasteiger charge is -2.11. The zero-order chi connectivity index (χ0) is 15.0. The van der Waals surface area contributed by atoms with E-state index in [1.807, 2.05) is 19.6 Å². The molecule has 0 N–H and O–H groups in total. The Morgan fingerprint density at radius 2 is 1.90 bits per heavy atom. The summed E-state index contributed by atoms with van der Waals surface area (Å²) < 4.78 is 4.30. The van der Waals surface area contributed by atoms with Crippen LogP contribution in [0.4, 0.5) is 0 Å². The lowest BCUT2D eigenvalue weighted by Crippen LogP contribution is -2.34. The first-order valence-corrected chi connectivity index (χ1v) is 7.13. The van der Waals surface area contributed by atoms with Crippen LogP contribution in [0.2, 0.25) is 0 Å². The summed E-state index contributed by atoms with van der Waals surface area (Å²) in [4.78, 5) is 4.24. The highest BCUT2D eigenvalue weighted by molar-refractivity contribution is 5.68. The van der Waals surface area contributed by atoms with Crippen molar-refractivity contribution < 1.29 is 4.57 Å². The van der Waals surface area contributed by atoms with Crippen LogP contribution >= 0.6 is 0 Å². The van der Waals surface area contributed by atoms with E-state index in [9.17, 15) is 0 Å². The van der Waals surface area contributed by atoms with E-state index in [0.29, 0.717) is 0 Å². The van der Waals surface area contributed by atoms with E-state index in [2.05, 4.69) is 71.4 Å². The Hall–Kier alpha value is -2.42. The molecule has 2 heterocycles. The van der Waals surface area contributed by atoms with E-state index in [0.717, 1.165) is 5.69 Å². The second-order valence-electron chi connectivity index (χ2n) is 5.56. The van der Waals surface area contributed by atoms with Crippen molar-refractivity contribution in [2.45, 2.75) is 20.8 Å². The summed E-state index contributed by atoms with van der Waals surface area (Å²) in [5.74, 6) is 0. The van der Waals surface area contributed by atoms with Gasteiger partial charge in [-0.2, -0.15) is 4.57 Å². The Kier molecular flexibility index (Phi) is 3.34. The molecule has 106 valence electrons. The fraction of sp³-hybridized carbons (Fsp3) is 0.222. The number of pyridine rings is 1. The number of hydrogen-bond acceptors (Lipinski definition) is 1. The largest absolute Gasteiger partial charge is 0.334 e. The Morgan fingerprint density at radius 1 is 1.10 bits per heavy atom. The Balaban J connectivity index is 2.27. The molecule has 2 aromatic heterocycles. The first kappa shape index (κ1) is 13.6. The highest BCUT2D eigenvalue weighted by atomic mass is 15.0. The molecule has 0 aliphatic carbocycles. The third kappa shape index (κ3) is 2.35. The predicted molar refractivity (Wildman–Crippen MR) is 84.4 cm³/mol. The van der Waals surface area contributed by atoms with Crippen molar-refractivity contribution >= 4 is 0 Å². The zero-order valence-corrected chi connectivity index (χ0v) is 13.0. The van der Waals surface area contributed by atoms with Crippen LogP contribution in [-0.2, 0) is 7.05 Å². The Bertz CT molecular complexity index is 800. The summed E-state index contributed by atoms with van der Waals surface area (Å²) >= 11 is 0. The van der Waals surface area contributed by atoms with Gasteiger partial charge < -0.3 is 4.57 Å². The molecule has 0 atom stereocenters. The highest BCUT2D eigenvalue weighted by Crippen LogP contribution is 2.27. The van der Waals surface area contributed by atoms with Crippen LogP contribution < -0.4 is 4.57 Å². The van der Waals surface area contributed by atoms with Gasteiger partial charge >= 0.3 is 0 Å². The first-order chi connectivity index (χ1) is 10.1. The molecule has 0 bridgehead atoms. The minimum absolute atomic E-state index is 1.15. The first-order valence-electron chi connectivity index (χ1n) is 7.13. The van der Waals surface area contributed by atoms with E-state index in [1.54, 1.807) is 0 Å². The summed E-state index contributed by atoms with van der Waals surface area (Å²) in [6.07, 6.45) is 5.88. The number of nitrogens with zero attached hydrogens (tertiary/aromatic N) is 3. The van der Waals surface area contributed by atoms with Gasteiger partial charge in [0.05, 0.1) is 18.2 Å². The topological polar surface area (TPSA) is 21.7 Å². The third-order valence-electron chi connectivity index (χ3n) is 3.94. The quantitative estimate of drug-likeness (QED) is 0.659. The standard InChI is InChI=1S/C18H20N3/c1-13-9-16(18-11-19-12-20(18)4)15(3)17(10-13)21-8-6-5-7-14(21)2/h5-12H,1-4H3/q+1. The summed E-state index contributed by atoms with van der Waals surface area (Å²) in [6.45, 7) is 6.45. The predicted octanol–water partition coefficient (Wildman–Crippen LogP) is 3.29. The van der Waals surface area contributed by atoms with Gasteiger partial charge in [0.1, 0.15) is 0 Å². The van der Waals surface area contributed by atoms with E-state index in [-0.39, 0.29) is 0 Å². The Labute approximate surface area is 125 Å². The maximum absolute atomic E-state index is 4.24. The van der Waals surface area contributed by atoms with Gasteiger partial charge in [0.15, 0.2) is 11.9 Å². The average molecular weight is 278 g/mol. The number of hydrogen-bond donors (Lipinski definition) is 0. The number of imidazole rings is 1. The van der Waals surface area contributed by atoms with Gasteiger partial charge in [-0.1, -0.05) is 6.07 Å². The molecule has 3 aromatic rings. The summed E-state index contributed by atoms with van der Waals surface area (Å²) in [5.41, 5.74) is 7.35. The van der Waals surface area contributed by atoms with Crippen molar-refractivity contribution in [2.75, 3.05) is 0 Å². The van der Waals surface area contributed by atoms with Gasteiger partial charge in [-0.15, -0.1) is 0 Å². The third-order valence-corrected chi connectivity index (χ3v) is 3.94. The summed E-state index contributed by atoms with van der Waals surface area (Å²) in [6, 6.07) is 10.7. The molecular formula is C18H20N3+. The maximum Gasteiger partial charge on any atom is 0.214 e. The molecule has 3 nitrogen and oxygen atoms in total. The monoisotopic (exact) mass is 278 g/mol. The minimum atomic E-state index is 1.15. The van der Waals surface area contributed by atoms with Gasteiger partial charge in [-0.25, -0.2) is 4.98 Å². The van der Waals surface area contributed by atoms with Gasteiger partial charge in [0.25, 0.3) is 0 Å². The highest BCUT2D eigenvalue weighted by Gasteiger charge is 2.18. The number of rotatable bonds is 2. The van der Waals surface area contributed by atoms with Crippen LogP contribution in [0.3, 0.4) is 0 Å². The van der Waals surface area contributed by atoms with Crippen molar-refractivity contribution in [3.05, 3.63) is 65.9 Å². The second kappa shape index (κ2) is 5.17. The molecule has 0 fully saturated rings. The number of aryl methyl sites for hydroxylation is 3. The lowest BCUT2D eigenvalue weighted by atomic mass is 10.0. The molecule has 0 radical (unpaired) electrons. The normalized spacial score (nSPS) is 10.9. The molecule has 0 unspecified atom stereocenters. The molecule has 0 saturated carbocycles. The lowest BCUT2D eigenvalue weighted by molar-refractivity contribution is -0.603. The van der Waals surface area contributed by atoms with E-state index in [1.165, 1.54) is 28.1 Å². The zero-order valence-electron chi connectivity index (χ0n) is 13.0. The number of aromatic nitrogens is 3. The average Bonchev–Trinajstić information content (AvgIpc) is 2.88. The van der Waals surface area contributed by atoms with Crippen LogP contribution in [0, 0.1) is 20.8 Å². The van der Waals surface area contributed by atoms with Crippen molar-refractivity contribution in [2.24, 2.45) is 7.05 Å². The van der Waals surface area contributed by atoms with Crippen molar-refractivity contribution in [1.29, 1.82) is 0 Å². The summed E-state index contributed by atoms with van der Waals surface area (Å²) in [7, 11) is 2.03. The van der Waals surface area contributed by atoms with Crippen LogP contribution in [0.1, 0.15) is 16.8 Å². The molecule has 0 amide bonds. The molecule has 3 heteroatoms. The maximum atomic E-state index is 4.24. The van der Waals surface area contributed by atoms with Crippen molar-refractivity contribution in [1.82, 2.24) is 9.55 Å². The Morgan fingerprint density at radius 3 is 2.57 bits per heavy atom. The fourth-order valence-electron chi connectivity index (χ4n) is 2.77.